The van der Waals surface area contributed by atoms with E-state index in [4.69, 9.17) is 9.47 Å². The van der Waals surface area contributed by atoms with Gasteiger partial charge in [0.2, 0.25) is 0 Å². The Labute approximate surface area is 135 Å². The molecule has 2 heteroatoms. The van der Waals surface area contributed by atoms with Crippen LogP contribution in [-0.4, -0.2) is 18.5 Å². The molecule has 2 nitrogen and oxygen atoms in total. The van der Waals surface area contributed by atoms with Crippen molar-refractivity contribution in [2.75, 3.05) is 0 Å². The van der Waals surface area contributed by atoms with Gasteiger partial charge in [-0.3, -0.25) is 0 Å². The molecule has 0 amide bonds. The largest absolute Gasteiger partial charge is 0.349 e. The second-order valence-corrected chi connectivity index (χ2v) is 6.93. The first kappa shape index (κ1) is 17.1. The smallest absolute Gasteiger partial charge is 0.167 e. The van der Waals surface area contributed by atoms with Gasteiger partial charge in [-0.05, 0) is 57.1 Å². The van der Waals surface area contributed by atoms with Crippen molar-refractivity contribution in [1.29, 1.82) is 0 Å². The molecule has 0 N–H and O–H groups in total. The molecule has 0 saturated carbocycles. The summed E-state index contributed by atoms with van der Waals surface area (Å²) >= 11 is 0. The molecule has 0 aromatic carbocycles. The van der Waals surface area contributed by atoms with Crippen LogP contribution in [0, 0.1) is 23.2 Å². The molecule has 0 aromatic rings. The summed E-state index contributed by atoms with van der Waals surface area (Å²) in [4.78, 5) is 0. The van der Waals surface area contributed by atoms with E-state index >= 15 is 0 Å². The fourth-order valence-corrected chi connectivity index (χ4v) is 3.27. The zero-order chi connectivity index (χ0) is 16.3. The van der Waals surface area contributed by atoms with Crippen molar-refractivity contribution in [3.8, 4) is 11.8 Å². The van der Waals surface area contributed by atoms with E-state index in [0.29, 0.717) is 5.92 Å². The Balaban J connectivity index is 2.11. The van der Waals surface area contributed by atoms with E-state index in [1.807, 2.05) is 6.92 Å². The molecule has 2 aliphatic heterocycles. The molecular weight excluding hydrogens is 272 g/mol. The Kier molecular flexibility index (Phi) is 5.32. The summed E-state index contributed by atoms with van der Waals surface area (Å²) in [5.41, 5.74) is 1.76. The minimum atomic E-state index is -0.159. The number of hydrogen-bond acceptors (Lipinski definition) is 2. The molecule has 1 aliphatic carbocycles. The fraction of sp³-hybridized carbons (Fsp3) is 0.600. The molecule has 1 fully saturated rings. The van der Waals surface area contributed by atoms with Gasteiger partial charge < -0.3 is 9.47 Å². The number of fused-ring (bicyclic) bond motifs is 2. The van der Waals surface area contributed by atoms with Crippen LogP contribution in [0.5, 0.6) is 0 Å². The average Bonchev–Trinajstić information content (AvgIpc) is 2.43. The molecule has 4 atom stereocenters. The van der Waals surface area contributed by atoms with Gasteiger partial charge >= 0.3 is 0 Å². The summed E-state index contributed by atoms with van der Waals surface area (Å²) in [5, 5.41) is 0. The van der Waals surface area contributed by atoms with Crippen LogP contribution in [0.25, 0.3) is 0 Å². The molecule has 0 radical (unpaired) electrons. The number of ether oxygens (including phenoxy) is 2. The molecule has 3 aliphatic rings. The monoisotopic (exact) mass is 300 g/mol. The zero-order valence-electron chi connectivity index (χ0n) is 14.3. The van der Waals surface area contributed by atoms with Crippen LogP contribution >= 0.6 is 0 Å². The van der Waals surface area contributed by atoms with Gasteiger partial charge in [0.1, 0.15) is 0 Å². The Morgan fingerprint density at radius 1 is 1.41 bits per heavy atom. The van der Waals surface area contributed by atoms with Crippen molar-refractivity contribution < 1.29 is 9.47 Å². The van der Waals surface area contributed by atoms with Crippen LogP contribution in [0.1, 0.15) is 47.0 Å². The lowest BCUT2D eigenvalue weighted by Crippen LogP contribution is -2.53. The summed E-state index contributed by atoms with van der Waals surface area (Å²) < 4.78 is 12.2. The van der Waals surface area contributed by atoms with Gasteiger partial charge in [0.05, 0.1) is 12.2 Å². The first-order valence-corrected chi connectivity index (χ1v) is 8.19. The number of hydrogen-bond donors (Lipinski definition) is 0. The van der Waals surface area contributed by atoms with Crippen molar-refractivity contribution in [2.45, 2.75) is 65.5 Å². The standard InChI is InChI=1S/C20H28O2/c1-14(2)7-8-16(5)9-11-20-12-10-18(13-17(20)6)22-19(20)21-15(3)4/h10,12,15,17-19H,1,5,9,11,13H2,2-4,6H3/t17?,18-,19+,20?/m0/s1. The van der Waals surface area contributed by atoms with Crippen LogP contribution in [0.4, 0.5) is 0 Å². The Morgan fingerprint density at radius 3 is 2.73 bits per heavy atom. The van der Waals surface area contributed by atoms with E-state index in [1.165, 1.54) is 0 Å². The van der Waals surface area contributed by atoms with Crippen LogP contribution in [0.3, 0.4) is 0 Å². The van der Waals surface area contributed by atoms with Gasteiger partial charge in [0.25, 0.3) is 0 Å². The summed E-state index contributed by atoms with van der Waals surface area (Å²) in [6.45, 7) is 16.2. The molecule has 0 aromatic heterocycles. The van der Waals surface area contributed by atoms with Crippen molar-refractivity contribution in [2.24, 2.45) is 11.3 Å². The van der Waals surface area contributed by atoms with Gasteiger partial charge in [0, 0.05) is 5.41 Å². The summed E-state index contributed by atoms with van der Waals surface area (Å²) in [7, 11) is 0. The summed E-state index contributed by atoms with van der Waals surface area (Å²) in [6, 6.07) is 0. The molecule has 120 valence electrons. The minimum Gasteiger partial charge on any atom is -0.349 e. The maximum atomic E-state index is 6.11. The first-order valence-electron chi connectivity index (χ1n) is 8.19. The fourth-order valence-electron chi connectivity index (χ4n) is 3.27. The van der Waals surface area contributed by atoms with Gasteiger partial charge in [-0.15, -0.1) is 0 Å². The Hall–Kier alpha value is -1.30. The van der Waals surface area contributed by atoms with Crippen molar-refractivity contribution in [3.63, 3.8) is 0 Å². The first-order chi connectivity index (χ1) is 10.3. The van der Waals surface area contributed by atoms with Gasteiger partial charge in [-0.1, -0.05) is 44.1 Å². The molecule has 2 heterocycles. The Morgan fingerprint density at radius 2 is 2.14 bits per heavy atom. The van der Waals surface area contributed by atoms with Crippen LogP contribution in [0.2, 0.25) is 0 Å². The Bertz CT molecular complexity index is 532. The van der Waals surface area contributed by atoms with Crippen molar-refractivity contribution in [3.05, 3.63) is 36.5 Å². The molecule has 22 heavy (non-hydrogen) atoms. The third-order valence-electron chi connectivity index (χ3n) is 4.57. The third-order valence-corrected chi connectivity index (χ3v) is 4.57. The molecule has 0 spiro atoms. The summed E-state index contributed by atoms with van der Waals surface area (Å²) in [5.74, 6) is 6.64. The second kappa shape index (κ2) is 6.86. The predicted molar refractivity (Wildman–Crippen MR) is 91.2 cm³/mol. The SMILES string of the molecule is C=C(C)C#CC(=C)CCC12C=C[C@@H](CC1C)O[C@H]2OC(C)C. The van der Waals surface area contributed by atoms with E-state index in [0.717, 1.165) is 30.4 Å². The lowest BCUT2D eigenvalue weighted by Gasteiger charge is -2.52. The van der Waals surface area contributed by atoms with Gasteiger partial charge in [0.15, 0.2) is 6.29 Å². The van der Waals surface area contributed by atoms with Crippen molar-refractivity contribution in [1.82, 2.24) is 0 Å². The third kappa shape index (κ3) is 3.72. The van der Waals surface area contributed by atoms with E-state index in [9.17, 15) is 0 Å². The topological polar surface area (TPSA) is 18.5 Å². The second-order valence-electron chi connectivity index (χ2n) is 6.93. The van der Waals surface area contributed by atoms with Gasteiger partial charge in [-0.2, -0.15) is 0 Å². The van der Waals surface area contributed by atoms with Crippen LogP contribution in [-0.2, 0) is 9.47 Å². The molecule has 2 bridgehead atoms. The lowest BCUT2D eigenvalue weighted by atomic mass is 9.64. The summed E-state index contributed by atoms with van der Waals surface area (Å²) in [6.07, 6.45) is 7.61. The highest BCUT2D eigenvalue weighted by Gasteiger charge is 2.50. The normalized spacial score (nSPS) is 32.7. The predicted octanol–water partition coefficient (Wildman–Crippen LogP) is 4.63. The highest BCUT2D eigenvalue weighted by Crippen LogP contribution is 2.51. The molecule has 1 saturated heterocycles. The quantitative estimate of drug-likeness (QED) is 0.544. The molecule has 2 unspecified atom stereocenters. The van der Waals surface area contributed by atoms with Crippen LogP contribution in [0.15, 0.2) is 36.5 Å². The molecule has 3 rings (SSSR count). The highest BCUT2D eigenvalue weighted by molar-refractivity contribution is 5.34. The maximum Gasteiger partial charge on any atom is 0.167 e. The number of allylic oxidation sites excluding steroid dienone is 2. The van der Waals surface area contributed by atoms with Crippen LogP contribution < -0.4 is 0 Å². The average molecular weight is 300 g/mol. The zero-order valence-corrected chi connectivity index (χ0v) is 14.3. The van der Waals surface area contributed by atoms with E-state index in [1.54, 1.807) is 0 Å². The lowest BCUT2D eigenvalue weighted by molar-refractivity contribution is -0.272. The van der Waals surface area contributed by atoms with Gasteiger partial charge in [-0.25, -0.2) is 0 Å². The molecular formula is C20H28O2. The van der Waals surface area contributed by atoms with E-state index in [2.05, 4.69) is 57.9 Å². The van der Waals surface area contributed by atoms with E-state index in [-0.39, 0.29) is 23.9 Å². The maximum absolute atomic E-state index is 6.11. The number of rotatable bonds is 5. The van der Waals surface area contributed by atoms with Crippen molar-refractivity contribution >= 4 is 0 Å². The minimum absolute atomic E-state index is 0.0626. The van der Waals surface area contributed by atoms with E-state index < -0.39 is 0 Å². The highest BCUT2D eigenvalue weighted by atomic mass is 16.7.